The second-order valence-electron chi connectivity index (χ2n) is 4.81. The third-order valence-electron chi connectivity index (χ3n) is 3.45. The first-order valence-electron chi connectivity index (χ1n) is 6.98. The quantitative estimate of drug-likeness (QED) is 0.820. The molecular weight excluding hydrogens is 306 g/mol. The molecule has 0 saturated carbocycles. The number of amides is 2. The second-order valence-corrected chi connectivity index (χ2v) is 5.34. The van der Waals surface area contributed by atoms with Crippen molar-refractivity contribution in [2.75, 3.05) is 32.8 Å². The van der Waals surface area contributed by atoms with Crippen LogP contribution in [0.4, 0.5) is 4.79 Å². The Morgan fingerprint density at radius 1 is 1.23 bits per heavy atom. The summed E-state index contributed by atoms with van der Waals surface area (Å²) in [6.45, 7) is 4.02. The Hall–Kier alpha value is -2.29. The van der Waals surface area contributed by atoms with E-state index < -0.39 is 0 Å². The number of hydrogen-bond acceptors (Lipinski definition) is 7. The molecule has 0 spiro atoms. The summed E-state index contributed by atoms with van der Waals surface area (Å²) in [5, 5.41) is 0. The molecule has 2 amide bonds. The van der Waals surface area contributed by atoms with Gasteiger partial charge in [-0.15, -0.1) is 0 Å². The van der Waals surface area contributed by atoms with Crippen LogP contribution >= 0.6 is 11.7 Å². The van der Waals surface area contributed by atoms with Gasteiger partial charge in [0.05, 0.1) is 23.9 Å². The fraction of sp³-hybridized carbons (Fsp3) is 0.462. The lowest BCUT2D eigenvalue weighted by atomic mass is 10.2. The summed E-state index contributed by atoms with van der Waals surface area (Å²) < 4.78 is 13.1. The maximum Gasteiger partial charge on any atom is 0.409 e. The normalized spacial score (nSPS) is 15.1. The van der Waals surface area contributed by atoms with Gasteiger partial charge >= 0.3 is 6.09 Å². The molecule has 0 radical (unpaired) electrons. The van der Waals surface area contributed by atoms with Gasteiger partial charge < -0.3 is 14.5 Å². The highest BCUT2D eigenvalue weighted by atomic mass is 32.1. The van der Waals surface area contributed by atoms with E-state index in [-0.39, 0.29) is 12.0 Å². The van der Waals surface area contributed by atoms with E-state index in [1.807, 2.05) is 0 Å². The van der Waals surface area contributed by atoms with Crippen LogP contribution in [0.25, 0.3) is 11.2 Å². The SMILES string of the molecule is CCOC(=O)N1CCN(C(=O)c2cnc3nsnc3c2)CC1. The smallest absolute Gasteiger partial charge is 0.409 e. The Labute approximate surface area is 131 Å². The number of carbonyl (C=O) groups is 2. The van der Waals surface area contributed by atoms with Gasteiger partial charge in [0.2, 0.25) is 0 Å². The van der Waals surface area contributed by atoms with Gasteiger partial charge in [-0.2, -0.15) is 8.75 Å². The summed E-state index contributed by atoms with van der Waals surface area (Å²) in [6.07, 6.45) is 1.19. The van der Waals surface area contributed by atoms with Crippen molar-refractivity contribution in [1.29, 1.82) is 0 Å². The van der Waals surface area contributed by atoms with Gasteiger partial charge in [-0.1, -0.05) is 0 Å². The molecular formula is C13H15N5O3S. The topological polar surface area (TPSA) is 88.5 Å². The van der Waals surface area contributed by atoms with Crippen LogP contribution in [0, 0.1) is 0 Å². The number of fused-ring (bicyclic) bond motifs is 1. The molecule has 3 rings (SSSR count). The van der Waals surface area contributed by atoms with Crippen LogP contribution < -0.4 is 0 Å². The molecule has 2 aromatic rings. The summed E-state index contributed by atoms with van der Waals surface area (Å²) in [5.74, 6) is -0.106. The lowest BCUT2D eigenvalue weighted by Crippen LogP contribution is -2.50. The van der Waals surface area contributed by atoms with Crippen LogP contribution in [0.2, 0.25) is 0 Å². The maximum absolute atomic E-state index is 12.5. The zero-order chi connectivity index (χ0) is 15.5. The van der Waals surface area contributed by atoms with Gasteiger partial charge in [-0.3, -0.25) is 4.79 Å². The van der Waals surface area contributed by atoms with Crippen molar-refractivity contribution in [2.45, 2.75) is 6.92 Å². The molecule has 8 nitrogen and oxygen atoms in total. The first kappa shape index (κ1) is 14.6. The van der Waals surface area contributed by atoms with Gasteiger partial charge in [0.1, 0.15) is 5.52 Å². The van der Waals surface area contributed by atoms with E-state index in [1.165, 1.54) is 6.20 Å². The fourth-order valence-corrected chi connectivity index (χ4v) is 2.77. The Bertz CT molecular complexity index is 696. The third kappa shape index (κ3) is 2.84. The van der Waals surface area contributed by atoms with Crippen molar-refractivity contribution in [2.24, 2.45) is 0 Å². The highest BCUT2D eigenvalue weighted by molar-refractivity contribution is 7.00. The lowest BCUT2D eigenvalue weighted by Gasteiger charge is -2.34. The minimum atomic E-state index is -0.328. The second kappa shape index (κ2) is 6.22. The zero-order valence-corrected chi connectivity index (χ0v) is 12.9. The predicted octanol–water partition coefficient (Wildman–Crippen LogP) is 1.00. The van der Waals surface area contributed by atoms with E-state index >= 15 is 0 Å². The van der Waals surface area contributed by atoms with Gasteiger partial charge in [0.25, 0.3) is 5.91 Å². The number of pyridine rings is 1. The zero-order valence-electron chi connectivity index (χ0n) is 12.1. The number of ether oxygens (including phenoxy) is 1. The molecule has 2 aromatic heterocycles. The van der Waals surface area contributed by atoms with E-state index in [4.69, 9.17) is 4.74 Å². The molecule has 0 atom stereocenters. The van der Waals surface area contributed by atoms with Gasteiger partial charge in [0, 0.05) is 32.4 Å². The number of carbonyl (C=O) groups excluding carboxylic acids is 2. The number of rotatable bonds is 2. The average molecular weight is 321 g/mol. The fourth-order valence-electron chi connectivity index (χ4n) is 2.29. The summed E-state index contributed by atoms with van der Waals surface area (Å²) in [4.78, 5) is 31.6. The Balaban J connectivity index is 1.65. The van der Waals surface area contributed by atoms with Crippen LogP contribution in [0.3, 0.4) is 0 Å². The number of hydrogen-bond donors (Lipinski definition) is 0. The third-order valence-corrected chi connectivity index (χ3v) is 3.99. The molecule has 0 aromatic carbocycles. The van der Waals surface area contributed by atoms with Crippen LogP contribution in [-0.2, 0) is 4.74 Å². The molecule has 0 N–H and O–H groups in total. The highest BCUT2D eigenvalue weighted by Gasteiger charge is 2.25. The van der Waals surface area contributed by atoms with E-state index in [9.17, 15) is 9.59 Å². The predicted molar refractivity (Wildman–Crippen MR) is 79.7 cm³/mol. The minimum Gasteiger partial charge on any atom is -0.450 e. The van der Waals surface area contributed by atoms with E-state index in [0.29, 0.717) is 49.5 Å². The molecule has 1 fully saturated rings. The molecule has 0 bridgehead atoms. The number of piperazine rings is 1. The lowest BCUT2D eigenvalue weighted by molar-refractivity contribution is 0.0570. The van der Waals surface area contributed by atoms with Crippen molar-refractivity contribution >= 4 is 34.9 Å². The molecule has 9 heteroatoms. The van der Waals surface area contributed by atoms with Crippen molar-refractivity contribution in [3.05, 3.63) is 17.8 Å². The first-order chi connectivity index (χ1) is 10.7. The first-order valence-corrected chi connectivity index (χ1v) is 7.71. The van der Waals surface area contributed by atoms with Crippen LogP contribution in [-0.4, -0.2) is 68.3 Å². The Kier molecular flexibility index (Phi) is 4.14. The average Bonchev–Trinajstić information content (AvgIpc) is 3.02. The molecule has 116 valence electrons. The number of aromatic nitrogens is 3. The summed E-state index contributed by atoms with van der Waals surface area (Å²) in [6, 6.07) is 1.70. The highest BCUT2D eigenvalue weighted by Crippen LogP contribution is 2.14. The van der Waals surface area contributed by atoms with E-state index in [1.54, 1.807) is 22.8 Å². The largest absolute Gasteiger partial charge is 0.450 e. The van der Waals surface area contributed by atoms with Crippen LogP contribution in [0.5, 0.6) is 0 Å². The van der Waals surface area contributed by atoms with Crippen molar-refractivity contribution in [1.82, 2.24) is 23.5 Å². The monoisotopic (exact) mass is 321 g/mol. The van der Waals surface area contributed by atoms with Crippen molar-refractivity contribution in [3.8, 4) is 0 Å². The van der Waals surface area contributed by atoms with Crippen molar-refractivity contribution < 1.29 is 14.3 Å². The van der Waals surface area contributed by atoms with Gasteiger partial charge in [0.15, 0.2) is 5.65 Å². The molecule has 1 saturated heterocycles. The molecule has 22 heavy (non-hydrogen) atoms. The van der Waals surface area contributed by atoms with Gasteiger partial charge in [-0.05, 0) is 13.0 Å². The molecule has 1 aliphatic rings. The van der Waals surface area contributed by atoms with E-state index in [2.05, 4.69) is 13.7 Å². The Morgan fingerprint density at radius 2 is 1.95 bits per heavy atom. The standard InChI is InChI=1S/C13H15N5O3S/c1-2-21-13(20)18-5-3-17(4-6-18)12(19)9-7-10-11(14-8-9)16-22-15-10/h7-8H,2-6H2,1H3. The van der Waals surface area contributed by atoms with E-state index in [0.717, 1.165) is 11.7 Å². The van der Waals surface area contributed by atoms with Crippen molar-refractivity contribution in [3.63, 3.8) is 0 Å². The van der Waals surface area contributed by atoms with Gasteiger partial charge in [-0.25, -0.2) is 9.78 Å². The van der Waals surface area contributed by atoms with Crippen LogP contribution in [0.1, 0.15) is 17.3 Å². The number of nitrogens with zero attached hydrogens (tertiary/aromatic N) is 5. The summed E-state index contributed by atoms with van der Waals surface area (Å²) in [7, 11) is 0. The summed E-state index contributed by atoms with van der Waals surface area (Å²) >= 11 is 1.07. The molecule has 3 heterocycles. The Morgan fingerprint density at radius 3 is 2.68 bits per heavy atom. The molecule has 0 aliphatic carbocycles. The van der Waals surface area contributed by atoms with Crippen LogP contribution in [0.15, 0.2) is 12.3 Å². The summed E-state index contributed by atoms with van der Waals surface area (Å²) in [5.41, 5.74) is 1.67. The minimum absolute atomic E-state index is 0.106. The molecule has 1 aliphatic heterocycles. The molecule has 0 unspecified atom stereocenters. The maximum atomic E-state index is 12.5.